The minimum Gasteiger partial charge on any atom is -0.318 e. The molecule has 148 valence electrons. The molecule has 2 N–H and O–H groups in total. The summed E-state index contributed by atoms with van der Waals surface area (Å²) in [6.45, 7) is 1.68. The molecule has 2 aliphatic rings. The van der Waals surface area contributed by atoms with Gasteiger partial charge in [-0.3, -0.25) is 19.8 Å². The Bertz CT molecular complexity index is 547. The first-order valence-electron chi connectivity index (χ1n) is 9.23. The number of rotatable bonds is 7. The van der Waals surface area contributed by atoms with Crippen LogP contribution in [0.25, 0.3) is 0 Å². The number of urea groups is 1. The van der Waals surface area contributed by atoms with Crippen molar-refractivity contribution in [3.05, 3.63) is 0 Å². The zero-order chi connectivity index (χ0) is 19.4. The molecule has 0 aromatic rings. The molecular weight excluding hydrogens is 351 g/mol. The minimum atomic E-state index is -5.12. The predicted molar refractivity (Wildman–Crippen MR) is 87.9 cm³/mol. The molecule has 9 heteroatoms. The Morgan fingerprint density at radius 2 is 1.92 bits per heavy atom. The number of carbonyl (C=O) groups is 3. The van der Waals surface area contributed by atoms with Crippen molar-refractivity contribution in [3.63, 3.8) is 0 Å². The quantitative estimate of drug-likeness (QED) is 0.670. The highest BCUT2D eigenvalue weighted by Gasteiger charge is 2.68. The Kier molecular flexibility index (Phi) is 6.52. The molecule has 6 nitrogen and oxygen atoms in total. The van der Waals surface area contributed by atoms with E-state index in [9.17, 15) is 27.6 Å². The lowest BCUT2D eigenvalue weighted by molar-refractivity contribution is -0.204. The summed E-state index contributed by atoms with van der Waals surface area (Å²) < 4.78 is 40.8. The van der Waals surface area contributed by atoms with Gasteiger partial charge < -0.3 is 5.32 Å². The molecule has 1 saturated carbocycles. The molecule has 0 bridgehead atoms. The zero-order valence-corrected chi connectivity index (χ0v) is 15.0. The van der Waals surface area contributed by atoms with E-state index < -0.39 is 29.7 Å². The van der Waals surface area contributed by atoms with Gasteiger partial charge in [0.25, 0.3) is 11.6 Å². The van der Waals surface area contributed by atoms with Gasteiger partial charge in [0.15, 0.2) is 0 Å². The fourth-order valence-electron chi connectivity index (χ4n) is 3.53. The second-order valence-corrected chi connectivity index (χ2v) is 7.08. The summed E-state index contributed by atoms with van der Waals surface area (Å²) in [6, 6.07) is -1.13. The van der Waals surface area contributed by atoms with Gasteiger partial charge in [-0.05, 0) is 18.8 Å². The summed E-state index contributed by atoms with van der Waals surface area (Å²) in [5.41, 5.74) is -3.36. The molecule has 1 atom stereocenters. The van der Waals surface area contributed by atoms with Crippen LogP contribution in [-0.4, -0.2) is 41.1 Å². The first-order chi connectivity index (χ1) is 12.2. The molecule has 0 aromatic heterocycles. The number of halogens is 3. The summed E-state index contributed by atoms with van der Waals surface area (Å²) in [6.07, 6.45) is 1.50. The van der Waals surface area contributed by atoms with Crippen LogP contribution in [0.3, 0.4) is 0 Å². The van der Waals surface area contributed by atoms with Gasteiger partial charge in [0.1, 0.15) is 0 Å². The van der Waals surface area contributed by atoms with Crippen LogP contribution in [-0.2, 0) is 9.59 Å². The largest absolute Gasteiger partial charge is 0.440 e. The second-order valence-electron chi connectivity index (χ2n) is 7.08. The van der Waals surface area contributed by atoms with Gasteiger partial charge in [-0.2, -0.15) is 13.2 Å². The topological polar surface area (TPSA) is 78.5 Å². The molecule has 1 saturated heterocycles. The van der Waals surface area contributed by atoms with E-state index in [0.29, 0.717) is 30.1 Å². The van der Waals surface area contributed by atoms with Gasteiger partial charge in [0.05, 0.1) is 0 Å². The lowest BCUT2D eigenvalue weighted by Crippen LogP contribution is -2.69. The first kappa shape index (κ1) is 20.5. The van der Waals surface area contributed by atoms with Gasteiger partial charge in [-0.1, -0.05) is 45.4 Å². The van der Waals surface area contributed by atoms with E-state index in [0.717, 1.165) is 32.1 Å². The molecule has 1 aliphatic carbocycles. The van der Waals surface area contributed by atoms with Crippen molar-refractivity contribution in [3.8, 4) is 0 Å². The monoisotopic (exact) mass is 377 g/mol. The third-order valence-corrected chi connectivity index (χ3v) is 5.10. The molecular formula is C17H26F3N3O3. The Balaban J connectivity index is 2.06. The lowest BCUT2D eigenvalue weighted by atomic mass is 9.86. The van der Waals surface area contributed by atoms with E-state index in [2.05, 4.69) is 0 Å². The number of unbranched alkanes of at least 4 members (excludes halogenated alkanes) is 1. The normalized spacial score (nSPS) is 24.7. The fraction of sp³-hybridized carbons (Fsp3) is 0.824. The van der Waals surface area contributed by atoms with Gasteiger partial charge >= 0.3 is 12.2 Å². The maximum Gasteiger partial charge on any atom is 0.440 e. The van der Waals surface area contributed by atoms with Crippen LogP contribution >= 0.6 is 0 Å². The summed E-state index contributed by atoms with van der Waals surface area (Å²) >= 11 is 0. The number of nitrogens with zero attached hydrogens (tertiary/aromatic N) is 1. The summed E-state index contributed by atoms with van der Waals surface area (Å²) in [5, 5.41) is 3.44. The van der Waals surface area contributed by atoms with Crippen molar-refractivity contribution < 1.29 is 27.6 Å². The Hall–Kier alpha value is -1.80. The molecule has 0 spiro atoms. The average Bonchev–Trinajstić information content (AvgIpc) is 2.83. The molecule has 2 rings (SSSR count). The highest BCUT2D eigenvalue weighted by molar-refractivity contribution is 6.08. The Labute approximate surface area is 150 Å². The van der Waals surface area contributed by atoms with E-state index in [4.69, 9.17) is 0 Å². The molecule has 0 radical (unpaired) electrons. The number of nitrogens with one attached hydrogen (secondary N) is 2. The van der Waals surface area contributed by atoms with Gasteiger partial charge in [0, 0.05) is 13.0 Å². The van der Waals surface area contributed by atoms with Gasteiger partial charge in [-0.25, -0.2) is 4.79 Å². The molecule has 0 aromatic carbocycles. The zero-order valence-electron chi connectivity index (χ0n) is 15.0. The van der Waals surface area contributed by atoms with Crippen LogP contribution in [0.5, 0.6) is 0 Å². The Morgan fingerprint density at radius 1 is 1.27 bits per heavy atom. The van der Waals surface area contributed by atoms with Gasteiger partial charge in [0.2, 0.25) is 5.91 Å². The maximum absolute atomic E-state index is 13.6. The van der Waals surface area contributed by atoms with Crippen molar-refractivity contribution in [1.29, 1.82) is 0 Å². The molecule has 0 unspecified atom stereocenters. The summed E-state index contributed by atoms with van der Waals surface area (Å²) in [5.74, 6) is -2.01. The number of hydrogen-bond acceptors (Lipinski definition) is 3. The average molecular weight is 377 g/mol. The SMILES string of the molecule is CCCCN1C(=O)N[C@@](NC(=O)CCC2CCCCC2)(C(F)(F)F)C1=O. The summed E-state index contributed by atoms with van der Waals surface area (Å²) in [4.78, 5) is 36.9. The summed E-state index contributed by atoms with van der Waals surface area (Å²) in [7, 11) is 0. The van der Waals surface area contributed by atoms with Crippen molar-refractivity contribution in [2.75, 3.05) is 6.54 Å². The van der Waals surface area contributed by atoms with Crippen LogP contribution in [0.4, 0.5) is 18.0 Å². The molecule has 26 heavy (non-hydrogen) atoms. The number of carbonyl (C=O) groups excluding carboxylic acids is 3. The van der Waals surface area contributed by atoms with Crippen LogP contribution < -0.4 is 10.6 Å². The van der Waals surface area contributed by atoms with Crippen molar-refractivity contribution >= 4 is 17.8 Å². The van der Waals surface area contributed by atoms with E-state index in [1.165, 1.54) is 0 Å². The number of hydrogen-bond donors (Lipinski definition) is 2. The molecule has 1 aliphatic heterocycles. The van der Waals surface area contributed by atoms with Crippen LogP contribution in [0.1, 0.15) is 64.7 Å². The Morgan fingerprint density at radius 3 is 2.50 bits per heavy atom. The third-order valence-electron chi connectivity index (χ3n) is 5.10. The van der Waals surface area contributed by atoms with Gasteiger partial charge in [-0.15, -0.1) is 0 Å². The van der Waals surface area contributed by atoms with E-state index in [1.54, 1.807) is 17.6 Å². The highest BCUT2D eigenvalue weighted by Crippen LogP contribution is 2.34. The van der Waals surface area contributed by atoms with Crippen molar-refractivity contribution in [1.82, 2.24) is 15.5 Å². The lowest BCUT2D eigenvalue weighted by Gasteiger charge is -2.30. The van der Waals surface area contributed by atoms with E-state index >= 15 is 0 Å². The highest BCUT2D eigenvalue weighted by atomic mass is 19.4. The van der Waals surface area contributed by atoms with Crippen molar-refractivity contribution in [2.45, 2.75) is 76.6 Å². The van der Waals surface area contributed by atoms with E-state index in [1.807, 2.05) is 0 Å². The second kappa shape index (κ2) is 8.26. The minimum absolute atomic E-state index is 0.0966. The fourth-order valence-corrected chi connectivity index (χ4v) is 3.53. The van der Waals surface area contributed by atoms with Crippen molar-refractivity contribution in [2.24, 2.45) is 5.92 Å². The smallest absolute Gasteiger partial charge is 0.318 e. The number of imide groups is 1. The third kappa shape index (κ3) is 4.29. The predicted octanol–water partition coefficient (Wildman–Crippen LogP) is 3.07. The first-order valence-corrected chi connectivity index (χ1v) is 9.23. The molecule has 1 heterocycles. The number of alkyl halides is 3. The number of amides is 4. The maximum atomic E-state index is 13.6. The van der Waals surface area contributed by atoms with Crippen LogP contribution in [0.2, 0.25) is 0 Å². The van der Waals surface area contributed by atoms with Crippen LogP contribution in [0.15, 0.2) is 0 Å². The standard InChI is InChI=1S/C17H26F3N3O3/c1-2-3-11-23-14(25)16(17(18,19)20,22-15(23)26)21-13(24)10-9-12-7-5-4-6-8-12/h12H,2-11H2,1H3,(H,21,24)(H,22,26)/t16-/m1/s1. The van der Waals surface area contributed by atoms with E-state index in [-0.39, 0.29) is 13.0 Å². The molecule has 4 amide bonds. The van der Waals surface area contributed by atoms with Crippen LogP contribution in [0, 0.1) is 5.92 Å². The molecule has 2 fully saturated rings.